The van der Waals surface area contributed by atoms with E-state index in [1.807, 2.05) is 30.3 Å². The van der Waals surface area contributed by atoms with Gasteiger partial charge in [-0.3, -0.25) is 9.59 Å². The van der Waals surface area contributed by atoms with Gasteiger partial charge in [-0.1, -0.05) is 36.4 Å². The molecule has 2 atom stereocenters. The Labute approximate surface area is 169 Å². The topological polar surface area (TPSA) is 58.6 Å². The lowest BCUT2D eigenvalue weighted by atomic mass is 10.0. The molecule has 2 aromatic carbocycles. The molecule has 0 aromatic heterocycles. The minimum Gasteiger partial charge on any atom is -0.406 e. The van der Waals surface area contributed by atoms with Crippen molar-refractivity contribution in [3.63, 3.8) is 0 Å². The van der Waals surface area contributed by atoms with Gasteiger partial charge in [0.05, 0.1) is 0 Å². The van der Waals surface area contributed by atoms with Crippen LogP contribution in [0.4, 0.5) is 18.9 Å². The van der Waals surface area contributed by atoms with E-state index in [4.69, 9.17) is 0 Å². The molecule has 9 heteroatoms. The largest absolute Gasteiger partial charge is 0.573 e. The molecule has 0 unspecified atom stereocenters. The van der Waals surface area contributed by atoms with E-state index < -0.39 is 28.9 Å². The number of fused-ring (bicyclic) bond motifs is 1. The number of halogens is 3. The zero-order valence-electron chi connectivity index (χ0n) is 15.1. The Hall–Kier alpha value is -2.68. The second-order valence-corrected chi connectivity index (χ2v) is 8.10. The van der Waals surface area contributed by atoms with Crippen LogP contribution in [0.2, 0.25) is 0 Å². The maximum Gasteiger partial charge on any atom is 0.573 e. The number of benzene rings is 2. The summed E-state index contributed by atoms with van der Waals surface area (Å²) < 4.78 is 41.1. The first-order chi connectivity index (χ1) is 13.8. The molecule has 5 nitrogen and oxygen atoms in total. The second-order valence-electron chi connectivity index (χ2n) is 6.81. The first-order valence-corrected chi connectivity index (χ1v) is 9.95. The minimum atomic E-state index is -4.82. The molecule has 0 aliphatic carbocycles. The summed E-state index contributed by atoms with van der Waals surface area (Å²) in [7, 11) is 0. The minimum absolute atomic E-state index is 0.104. The number of carbonyl (C=O) groups is 2. The van der Waals surface area contributed by atoms with Crippen molar-refractivity contribution < 1.29 is 27.5 Å². The van der Waals surface area contributed by atoms with Crippen molar-refractivity contribution in [2.45, 2.75) is 30.1 Å². The molecule has 0 bridgehead atoms. The number of hydrogen-bond donors (Lipinski definition) is 1. The quantitative estimate of drug-likeness (QED) is 0.806. The van der Waals surface area contributed by atoms with Gasteiger partial charge in [0.1, 0.15) is 16.7 Å². The number of anilines is 1. The third-order valence-electron chi connectivity index (χ3n) is 4.99. The van der Waals surface area contributed by atoms with Gasteiger partial charge in [0.2, 0.25) is 11.8 Å². The van der Waals surface area contributed by atoms with Crippen molar-refractivity contribution in [1.29, 1.82) is 0 Å². The Bertz CT molecular complexity index is 938. The van der Waals surface area contributed by atoms with Crippen LogP contribution in [0.25, 0.3) is 0 Å². The number of rotatable bonds is 4. The van der Waals surface area contributed by atoms with E-state index in [9.17, 15) is 22.8 Å². The van der Waals surface area contributed by atoms with Crippen LogP contribution in [0, 0.1) is 0 Å². The van der Waals surface area contributed by atoms with E-state index >= 15 is 0 Å². The average molecular weight is 422 g/mol. The fourth-order valence-corrected chi connectivity index (χ4v) is 5.48. The van der Waals surface area contributed by atoms with Gasteiger partial charge in [-0.05, 0) is 24.1 Å². The molecule has 152 valence electrons. The number of nitrogens with zero attached hydrogens (tertiary/aromatic N) is 1. The highest BCUT2D eigenvalue weighted by atomic mass is 32.2. The molecule has 29 heavy (non-hydrogen) atoms. The van der Waals surface area contributed by atoms with Crippen LogP contribution in [0.15, 0.2) is 54.6 Å². The van der Waals surface area contributed by atoms with E-state index in [1.54, 1.807) is 16.7 Å². The van der Waals surface area contributed by atoms with Gasteiger partial charge in [-0.2, -0.15) is 0 Å². The molecule has 1 N–H and O–H groups in total. The first kappa shape index (κ1) is 19.6. The number of nitrogens with one attached hydrogen (secondary N) is 1. The summed E-state index contributed by atoms with van der Waals surface area (Å²) in [6, 6.07) is 13.9. The van der Waals surface area contributed by atoms with Crippen molar-refractivity contribution in [3.8, 4) is 5.75 Å². The van der Waals surface area contributed by atoms with Gasteiger partial charge >= 0.3 is 6.36 Å². The molecule has 2 aliphatic rings. The predicted octanol–water partition coefficient (Wildman–Crippen LogP) is 4.11. The van der Waals surface area contributed by atoms with E-state index in [0.29, 0.717) is 18.6 Å². The molecule has 2 amide bonds. The predicted molar refractivity (Wildman–Crippen MR) is 102 cm³/mol. The average Bonchev–Trinajstić information content (AvgIpc) is 3.21. The summed E-state index contributed by atoms with van der Waals surface area (Å²) in [5.41, 5.74) is 1.14. The van der Waals surface area contributed by atoms with E-state index in [-0.39, 0.29) is 11.6 Å². The van der Waals surface area contributed by atoms with Gasteiger partial charge < -0.3 is 15.0 Å². The van der Waals surface area contributed by atoms with Gasteiger partial charge in [-0.15, -0.1) is 24.9 Å². The number of amides is 2. The molecule has 0 saturated carbocycles. The highest BCUT2D eigenvalue weighted by Crippen LogP contribution is 2.54. The summed E-state index contributed by atoms with van der Waals surface area (Å²) in [6.07, 6.45) is -3.86. The number of hydrogen-bond acceptors (Lipinski definition) is 4. The fraction of sp³-hybridized carbons (Fsp3) is 0.300. The summed E-state index contributed by atoms with van der Waals surface area (Å²) in [5, 5.41) is 2.62. The lowest BCUT2D eigenvalue weighted by Crippen LogP contribution is -2.48. The zero-order valence-corrected chi connectivity index (χ0v) is 15.9. The van der Waals surface area contributed by atoms with Crippen molar-refractivity contribution >= 4 is 29.3 Å². The lowest BCUT2D eigenvalue weighted by Gasteiger charge is -2.34. The molecule has 0 spiro atoms. The molecule has 2 saturated heterocycles. The highest BCUT2D eigenvalue weighted by molar-refractivity contribution is 8.00. The second kappa shape index (κ2) is 7.29. The number of ether oxygens (including phenoxy) is 1. The molecule has 4 rings (SSSR count). The summed E-state index contributed by atoms with van der Waals surface area (Å²) in [6.45, 7) is 0. The molecular formula is C20H17F3N2O3S. The normalized spacial score (nSPS) is 23.8. The van der Waals surface area contributed by atoms with Gasteiger partial charge in [0.25, 0.3) is 0 Å². The SMILES string of the molecule is O=C(Nc1cccc(OC(F)(F)F)c1)[C@@H]1CS[C@@]2(c3ccccc3)CCC(=O)N12. The molecule has 2 heterocycles. The maximum absolute atomic E-state index is 12.9. The Morgan fingerprint density at radius 1 is 1.17 bits per heavy atom. The number of thioether (sulfide) groups is 1. The van der Waals surface area contributed by atoms with Crippen LogP contribution in [-0.2, 0) is 14.5 Å². The molecular weight excluding hydrogens is 405 g/mol. The molecule has 2 fully saturated rings. The molecule has 2 aliphatic heterocycles. The third-order valence-corrected chi connectivity index (χ3v) is 6.59. The van der Waals surface area contributed by atoms with Crippen LogP contribution < -0.4 is 10.1 Å². The maximum atomic E-state index is 12.9. The van der Waals surface area contributed by atoms with Gasteiger partial charge in [-0.25, -0.2) is 0 Å². The van der Waals surface area contributed by atoms with E-state index in [1.165, 1.54) is 12.1 Å². The Kier molecular flexibility index (Phi) is 4.94. The van der Waals surface area contributed by atoms with Crippen molar-refractivity contribution in [3.05, 3.63) is 60.2 Å². The van der Waals surface area contributed by atoms with Crippen LogP contribution >= 0.6 is 11.8 Å². The molecule has 0 radical (unpaired) electrons. The molecule has 2 aromatic rings. The van der Waals surface area contributed by atoms with E-state index in [2.05, 4.69) is 10.1 Å². The number of alkyl halides is 3. The van der Waals surface area contributed by atoms with Crippen LogP contribution in [-0.4, -0.2) is 34.9 Å². The van der Waals surface area contributed by atoms with Crippen molar-refractivity contribution in [1.82, 2.24) is 4.90 Å². The Morgan fingerprint density at radius 2 is 1.93 bits per heavy atom. The first-order valence-electron chi connectivity index (χ1n) is 8.97. The van der Waals surface area contributed by atoms with E-state index in [0.717, 1.165) is 17.7 Å². The van der Waals surface area contributed by atoms with Crippen LogP contribution in [0.1, 0.15) is 18.4 Å². The van der Waals surface area contributed by atoms with Crippen LogP contribution in [0.3, 0.4) is 0 Å². The zero-order chi connectivity index (χ0) is 20.6. The Balaban J connectivity index is 1.54. The number of carbonyl (C=O) groups excluding carboxylic acids is 2. The third kappa shape index (κ3) is 3.78. The van der Waals surface area contributed by atoms with Gasteiger partial charge in [0.15, 0.2) is 0 Å². The standard InChI is InChI=1S/C20H17F3N2O3S/c21-20(22,23)28-15-8-4-7-14(11-15)24-18(27)16-12-29-19(10-9-17(26)25(16)19)13-5-2-1-3-6-13/h1-8,11,16H,9-10,12H2,(H,24,27)/t16-,19+/m0/s1. The van der Waals surface area contributed by atoms with Crippen molar-refractivity contribution in [2.75, 3.05) is 11.1 Å². The smallest absolute Gasteiger partial charge is 0.406 e. The van der Waals surface area contributed by atoms with Crippen molar-refractivity contribution in [2.24, 2.45) is 0 Å². The Morgan fingerprint density at radius 3 is 2.66 bits per heavy atom. The van der Waals surface area contributed by atoms with Gasteiger partial charge in [0, 0.05) is 23.9 Å². The summed E-state index contributed by atoms with van der Waals surface area (Å²) in [5.74, 6) is -0.555. The monoisotopic (exact) mass is 422 g/mol. The summed E-state index contributed by atoms with van der Waals surface area (Å²) in [4.78, 5) is 26.5. The van der Waals surface area contributed by atoms with Crippen LogP contribution in [0.5, 0.6) is 5.75 Å². The lowest BCUT2D eigenvalue weighted by molar-refractivity contribution is -0.274. The summed E-state index contributed by atoms with van der Waals surface area (Å²) >= 11 is 1.55. The highest BCUT2D eigenvalue weighted by Gasteiger charge is 2.56. The fourth-order valence-electron chi connectivity index (χ4n) is 3.83.